The number of fused-ring (bicyclic) bond motifs is 2. The lowest BCUT2D eigenvalue weighted by molar-refractivity contribution is 0.301. The number of rotatable bonds is 7. The molecule has 0 N–H and O–H groups in total. The summed E-state index contributed by atoms with van der Waals surface area (Å²) in [5, 5.41) is 5.85. The Labute approximate surface area is 284 Å². The first-order valence-electron chi connectivity index (χ1n) is 12.5. The van der Waals surface area contributed by atoms with Gasteiger partial charge in [0.25, 0.3) is 5.56 Å². The Balaban J connectivity index is 1.38. The fourth-order valence-corrected chi connectivity index (χ4v) is 7.71. The second kappa shape index (κ2) is 12.5. The lowest BCUT2D eigenvalue weighted by Crippen LogP contribution is -2.20. The van der Waals surface area contributed by atoms with Crippen LogP contribution in [-0.2, 0) is 6.61 Å². The molecule has 7 nitrogen and oxygen atoms in total. The Morgan fingerprint density at radius 1 is 0.976 bits per heavy atom. The number of furan rings is 1. The molecule has 0 aliphatic rings. The van der Waals surface area contributed by atoms with Gasteiger partial charge in [0, 0.05) is 14.5 Å². The maximum Gasteiger partial charge on any atom is 0.282 e. The first-order valence-corrected chi connectivity index (χ1v) is 16.3. The van der Waals surface area contributed by atoms with E-state index in [1.165, 1.54) is 4.68 Å². The van der Waals surface area contributed by atoms with Gasteiger partial charge in [-0.2, -0.15) is 9.78 Å². The van der Waals surface area contributed by atoms with Gasteiger partial charge in [0.05, 0.1) is 36.8 Å². The Kier molecular flexibility index (Phi) is 8.70. The average Bonchev–Trinajstić information content (AvgIpc) is 3.42. The zero-order valence-electron chi connectivity index (χ0n) is 21.8. The molecule has 0 fully saturated rings. The molecule has 0 bridgehead atoms. The van der Waals surface area contributed by atoms with Gasteiger partial charge in [0.1, 0.15) is 23.7 Å². The van der Waals surface area contributed by atoms with Crippen LogP contribution in [-0.4, -0.2) is 23.0 Å². The van der Waals surface area contributed by atoms with Crippen LogP contribution in [0.5, 0.6) is 11.5 Å². The summed E-state index contributed by atoms with van der Waals surface area (Å²) < 4.78 is 22.9. The molecule has 11 heteroatoms. The van der Waals surface area contributed by atoms with Crippen LogP contribution < -0.4 is 15.0 Å². The minimum Gasteiger partial charge on any atom is -0.496 e. The Morgan fingerprint density at radius 2 is 1.76 bits per heavy atom. The van der Waals surface area contributed by atoms with Crippen LogP contribution in [0.1, 0.15) is 11.1 Å². The Bertz CT molecular complexity index is 2050. The minimum absolute atomic E-state index is 0.289. The highest BCUT2D eigenvalue weighted by atomic mass is 127. The van der Waals surface area contributed by atoms with Crippen molar-refractivity contribution in [3.63, 3.8) is 0 Å². The molecule has 0 aliphatic heterocycles. The van der Waals surface area contributed by atoms with Gasteiger partial charge in [0.2, 0.25) is 5.82 Å². The molecule has 2 heterocycles. The third-order valence-electron chi connectivity index (χ3n) is 6.45. The monoisotopic (exact) mass is 909 g/mol. The second-order valence-corrected chi connectivity index (χ2v) is 13.2. The van der Waals surface area contributed by atoms with Crippen LogP contribution in [0.2, 0.25) is 0 Å². The molecule has 0 spiro atoms. The molecule has 0 radical (unpaired) electrons. The minimum atomic E-state index is -0.302. The number of ether oxygens (including phenoxy) is 2. The van der Waals surface area contributed by atoms with Crippen molar-refractivity contribution in [3.05, 3.63) is 116 Å². The molecule has 6 aromatic rings. The van der Waals surface area contributed by atoms with Gasteiger partial charge in [-0.3, -0.25) is 4.79 Å². The molecular formula is C31H19Br2I2N3O4. The lowest BCUT2D eigenvalue weighted by atomic mass is 10.2. The maximum atomic E-state index is 13.7. The maximum absolute atomic E-state index is 13.7. The van der Waals surface area contributed by atoms with E-state index < -0.39 is 0 Å². The number of methoxy groups -OCH3 is 1. The van der Waals surface area contributed by atoms with Gasteiger partial charge in [-0.1, -0.05) is 56.1 Å². The summed E-state index contributed by atoms with van der Waals surface area (Å²) in [6.07, 6.45) is 1.64. The van der Waals surface area contributed by atoms with Gasteiger partial charge in [-0.15, -0.1) is 0 Å². The predicted octanol–water partition coefficient (Wildman–Crippen LogP) is 9.01. The summed E-state index contributed by atoms with van der Waals surface area (Å²) in [5.74, 6) is 2.14. The molecule has 4 aromatic carbocycles. The number of hydrogen-bond acceptors (Lipinski definition) is 6. The van der Waals surface area contributed by atoms with Crippen molar-refractivity contribution < 1.29 is 13.9 Å². The average molecular weight is 911 g/mol. The standard InChI is InChI=1S/C31H19Br2I2N3O4/c1-40-26-7-4-8-27-21(26)14-28(42-27)30-37-25-6-3-2-5-20(25)31(39)38(30)36-15-17-11-23(34)29(24(35)12-17)41-16-18-9-10-19(32)13-22(18)33/h2-15H,16H2,1H3. The van der Waals surface area contributed by atoms with Crippen molar-refractivity contribution in [1.82, 2.24) is 9.66 Å². The summed E-state index contributed by atoms with van der Waals surface area (Å²) in [5.41, 5.74) is 2.72. The number of hydrogen-bond donors (Lipinski definition) is 0. The molecule has 0 amide bonds. The summed E-state index contributed by atoms with van der Waals surface area (Å²) in [7, 11) is 1.61. The molecule has 0 atom stereocenters. The van der Waals surface area contributed by atoms with Crippen molar-refractivity contribution in [2.45, 2.75) is 6.61 Å². The van der Waals surface area contributed by atoms with Gasteiger partial charge in [-0.05, 0) is 105 Å². The number of halogens is 4. The zero-order valence-corrected chi connectivity index (χ0v) is 29.3. The smallest absolute Gasteiger partial charge is 0.282 e. The quantitative estimate of drug-likeness (QED) is 0.118. The Morgan fingerprint density at radius 3 is 2.52 bits per heavy atom. The van der Waals surface area contributed by atoms with Crippen LogP contribution in [0, 0.1) is 7.14 Å². The molecule has 0 unspecified atom stereocenters. The third-order valence-corrected chi connectivity index (χ3v) is 9.28. The summed E-state index contributed by atoms with van der Waals surface area (Å²) >= 11 is 11.6. The lowest BCUT2D eigenvalue weighted by Gasteiger charge is -2.13. The van der Waals surface area contributed by atoms with Crippen LogP contribution in [0.15, 0.2) is 102 Å². The highest BCUT2D eigenvalue weighted by molar-refractivity contribution is 14.1. The van der Waals surface area contributed by atoms with Crippen molar-refractivity contribution in [2.75, 3.05) is 7.11 Å². The molecular weight excluding hydrogens is 892 g/mol. The summed E-state index contributed by atoms with van der Waals surface area (Å²) in [4.78, 5) is 18.4. The number of nitrogens with zero attached hydrogens (tertiary/aromatic N) is 3. The van der Waals surface area contributed by atoms with Gasteiger partial charge in [0.15, 0.2) is 5.76 Å². The van der Waals surface area contributed by atoms with E-state index in [0.29, 0.717) is 34.6 Å². The normalized spacial score (nSPS) is 11.5. The first-order chi connectivity index (χ1) is 20.3. The molecule has 0 saturated carbocycles. The summed E-state index contributed by atoms with van der Waals surface area (Å²) in [6, 6.07) is 24.5. The van der Waals surface area contributed by atoms with E-state index in [4.69, 9.17) is 18.9 Å². The number of aromatic nitrogens is 2. The van der Waals surface area contributed by atoms with Crippen LogP contribution in [0.3, 0.4) is 0 Å². The SMILES string of the molecule is COc1cccc2oc(-c3nc4ccccc4c(=O)n3N=Cc3cc(I)c(OCc4ccc(Br)cc4Br)c(I)c3)cc12. The van der Waals surface area contributed by atoms with Crippen LogP contribution in [0.25, 0.3) is 33.5 Å². The number of para-hydroxylation sites is 1. The molecule has 0 aliphatic carbocycles. The van der Waals surface area contributed by atoms with Crippen LogP contribution in [0.4, 0.5) is 0 Å². The highest BCUT2D eigenvalue weighted by Crippen LogP contribution is 2.33. The highest BCUT2D eigenvalue weighted by Gasteiger charge is 2.18. The van der Waals surface area contributed by atoms with E-state index in [1.807, 2.05) is 60.7 Å². The second-order valence-electron chi connectivity index (χ2n) is 9.13. The van der Waals surface area contributed by atoms with Crippen molar-refractivity contribution >= 4 is 105 Å². The fourth-order valence-electron chi connectivity index (χ4n) is 4.42. The zero-order chi connectivity index (χ0) is 29.4. The van der Waals surface area contributed by atoms with E-state index in [-0.39, 0.29) is 11.4 Å². The van der Waals surface area contributed by atoms with Gasteiger partial charge in [-0.25, -0.2) is 4.98 Å². The largest absolute Gasteiger partial charge is 0.496 e. The topological polar surface area (TPSA) is 78.9 Å². The first kappa shape index (κ1) is 29.3. The molecule has 210 valence electrons. The molecule has 42 heavy (non-hydrogen) atoms. The van der Waals surface area contributed by atoms with E-state index in [2.05, 4.69) is 82.1 Å². The molecule has 6 rings (SSSR count). The van der Waals surface area contributed by atoms with E-state index in [0.717, 1.165) is 38.3 Å². The fraction of sp³-hybridized carbons (Fsp3) is 0.0645. The van der Waals surface area contributed by atoms with Crippen molar-refractivity contribution in [1.29, 1.82) is 0 Å². The van der Waals surface area contributed by atoms with Crippen molar-refractivity contribution in [3.8, 4) is 23.1 Å². The van der Waals surface area contributed by atoms with Crippen molar-refractivity contribution in [2.24, 2.45) is 5.10 Å². The van der Waals surface area contributed by atoms with Crippen LogP contribution >= 0.6 is 77.0 Å². The molecule has 2 aromatic heterocycles. The summed E-state index contributed by atoms with van der Waals surface area (Å²) in [6.45, 7) is 0.414. The van der Waals surface area contributed by atoms with E-state index >= 15 is 0 Å². The number of benzene rings is 4. The van der Waals surface area contributed by atoms with Gasteiger partial charge < -0.3 is 13.9 Å². The Hall–Kier alpha value is -2.75. The van der Waals surface area contributed by atoms with Gasteiger partial charge >= 0.3 is 0 Å². The molecule has 0 saturated heterocycles. The van der Waals surface area contributed by atoms with E-state index in [1.54, 1.807) is 31.5 Å². The van der Waals surface area contributed by atoms with E-state index in [9.17, 15) is 4.79 Å². The third kappa shape index (κ3) is 5.88. The predicted molar refractivity (Wildman–Crippen MR) is 189 cm³/mol.